The lowest BCUT2D eigenvalue weighted by atomic mass is 9.86. The van der Waals surface area contributed by atoms with Crippen molar-refractivity contribution in [2.24, 2.45) is 4.99 Å². The maximum atomic E-state index is 13.1. The molecule has 1 aliphatic rings. The highest BCUT2D eigenvalue weighted by Crippen LogP contribution is 2.28. The Bertz CT molecular complexity index is 1890. The minimum absolute atomic E-state index is 0.259. The predicted molar refractivity (Wildman–Crippen MR) is 139 cm³/mol. The third-order valence-corrected chi connectivity index (χ3v) is 6.64. The van der Waals surface area contributed by atoms with Crippen LogP contribution in [-0.4, -0.2) is 25.7 Å². The molecule has 0 saturated carbocycles. The van der Waals surface area contributed by atoms with Gasteiger partial charge in [0.2, 0.25) is 0 Å². The average Bonchev–Trinajstić information content (AvgIpc) is 3.36. The van der Waals surface area contributed by atoms with E-state index in [1.807, 2.05) is 62.5 Å². The lowest BCUT2D eigenvalue weighted by molar-refractivity contribution is 0.686. The molecule has 0 aliphatic carbocycles. The van der Waals surface area contributed by atoms with Gasteiger partial charge >= 0.3 is 5.69 Å². The van der Waals surface area contributed by atoms with E-state index < -0.39 is 16.7 Å². The monoisotopic (exact) mass is 472 g/mol. The fraction of sp³-hybridized carbons (Fsp3) is 0.143. The van der Waals surface area contributed by atoms with Crippen molar-refractivity contribution in [2.45, 2.75) is 25.8 Å². The van der Waals surface area contributed by atoms with E-state index in [1.165, 1.54) is 10.8 Å². The molecule has 6 rings (SSSR count). The van der Waals surface area contributed by atoms with Crippen molar-refractivity contribution in [3.05, 3.63) is 98.3 Å². The zero-order valence-electron chi connectivity index (χ0n) is 19.6. The number of aromatic nitrogens is 4. The second-order valence-electron chi connectivity index (χ2n) is 9.35. The van der Waals surface area contributed by atoms with E-state index in [1.54, 1.807) is 12.1 Å². The van der Waals surface area contributed by atoms with Crippen LogP contribution < -0.4 is 11.2 Å². The highest BCUT2D eigenvalue weighted by molar-refractivity contribution is 6.01. The van der Waals surface area contributed by atoms with E-state index in [9.17, 15) is 14.9 Å². The first-order valence-electron chi connectivity index (χ1n) is 11.5. The van der Waals surface area contributed by atoms with Gasteiger partial charge in [0.15, 0.2) is 0 Å². The van der Waals surface area contributed by atoms with Crippen LogP contribution in [0.25, 0.3) is 38.9 Å². The summed E-state index contributed by atoms with van der Waals surface area (Å²) >= 11 is 0. The molecule has 0 radical (unpaired) electrons. The number of nitriles is 1. The lowest BCUT2D eigenvalue weighted by Gasteiger charge is -2.17. The first-order valence-corrected chi connectivity index (χ1v) is 11.5. The van der Waals surface area contributed by atoms with Gasteiger partial charge in [0.05, 0.1) is 45.8 Å². The number of nitrogens with zero attached hydrogens (tertiary/aromatic N) is 5. The largest absolute Gasteiger partial charge is 0.333 e. The van der Waals surface area contributed by atoms with E-state index in [2.05, 4.69) is 21.0 Å². The van der Waals surface area contributed by atoms with Gasteiger partial charge in [-0.05, 0) is 60.9 Å². The fourth-order valence-electron chi connectivity index (χ4n) is 4.53. The molecule has 5 aromatic rings. The molecule has 0 fully saturated rings. The highest BCUT2D eigenvalue weighted by atomic mass is 16.2. The number of H-pyrrole nitrogens is 1. The molecule has 1 aliphatic heterocycles. The minimum Gasteiger partial charge on any atom is -0.288 e. The number of pyridine rings is 2. The van der Waals surface area contributed by atoms with Crippen molar-refractivity contribution < 1.29 is 0 Å². The number of hydrogen-bond donors (Lipinski definition) is 1. The quantitative estimate of drug-likeness (QED) is 0.398. The number of hydrogen-bond acceptors (Lipinski definition) is 6. The maximum absolute atomic E-state index is 13.1. The molecule has 2 aromatic carbocycles. The average molecular weight is 473 g/mol. The first kappa shape index (κ1) is 21.6. The summed E-state index contributed by atoms with van der Waals surface area (Å²) in [6, 6.07) is 19.2. The van der Waals surface area contributed by atoms with Gasteiger partial charge in [-0.3, -0.25) is 24.3 Å². The summed E-state index contributed by atoms with van der Waals surface area (Å²) in [4.78, 5) is 41.9. The molecule has 0 spiro atoms. The zero-order valence-corrected chi connectivity index (χ0v) is 19.6. The molecule has 4 heterocycles. The summed E-state index contributed by atoms with van der Waals surface area (Å²) in [5, 5.41) is 9.73. The third kappa shape index (κ3) is 3.33. The molecule has 8 nitrogen and oxygen atoms in total. The van der Waals surface area contributed by atoms with Crippen LogP contribution in [0.4, 0.5) is 0 Å². The summed E-state index contributed by atoms with van der Waals surface area (Å²) in [6.45, 7) is 4.34. The molecule has 0 saturated heterocycles. The van der Waals surface area contributed by atoms with Crippen LogP contribution in [0.3, 0.4) is 0 Å². The van der Waals surface area contributed by atoms with Crippen molar-refractivity contribution in [1.82, 2.24) is 19.5 Å². The second kappa shape index (κ2) is 7.82. The van der Waals surface area contributed by atoms with Gasteiger partial charge in [0, 0.05) is 18.0 Å². The van der Waals surface area contributed by atoms with Gasteiger partial charge in [-0.25, -0.2) is 9.78 Å². The van der Waals surface area contributed by atoms with Crippen molar-refractivity contribution in [3.63, 3.8) is 0 Å². The molecule has 1 N–H and O–H groups in total. The summed E-state index contributed by atoms with van der Waals surface area (Å²) < 4.78 is 1.44. The Morgan fingerprint density at radius 1 is 1.06 bits per heavy atom. The molecule has 0 atom stereocenters. The van der Waals surface area contributed by atoms with Gasteiger partial charge in [-0.2, -0.15) is 5.26 Å². The van der Waals surface area contributed by atoms with Gasteiger partial charge in [-0.15, -0.1) is 0 Å². The van der Waals surface area contributed by atoms with Gasteiger partial charge in [-0.1, -0.05) is 24.3 Å². The Morgan fingerprint density at radius 3 is 2.64 bits per heavy atom. The van der Waals surface area contributed by atoms with E-state index >= 15 is 0 Å². The van der Waals surface area contributed by atoms with Crippen molar-refractivity contribution in [2.75, 3.05) is 0 Å². The lowest BCUT2D eigenvalue weighted by Crippen LogP contribution is -2.29. The number of aromatic amines is 1. The minimum atomic E-state index is -0.676. The Labute approximate surface area is 205 Å². The van der Waals surface area contributed by atoms with Gasteiger partial charge < -0.3 is 0 Å². The molecular formula is C28H20N6O2. The fourth-order valence-corrected chi connectivity index (χ4v) is 4.53. The normalized spacial score (nSPS) is 12.7. The summed E-state index contributed by atoms with van der Waals surface area (Å²) in [5.41, 5.74) is 4.81. The molecule has 0 unspecified atom stereocenters. The van der Waals surface area contributed by atoms with E-state index in [4.69, 9.17) is 4.98 Å². The van der Waals surface area contributed by atoms with Crippen LogP contribution in [0.5, 0.6) is 0 Å². The topological polar surface area (TPSA) is 117 Å². The SMILES string of the molecule is CC(C)(C#N)c1ccc(-n2c(=O)[nH]c(=O)c3cnc4ccc(-c5ccc6c(c5)C=NC6)nc4c32)cc1. The Kier molecular flexibility index (Phi) is 4.70. The Hall–Kier alpha value is -4.90. The maximum Gasteiger partial charge on any atom is 0.333 e. The van der Waals surface area contributed by atoms with Crippen molar-refractivity contribution >= 4 is 28.2 Å². The molecule has 36 heavy (non-hydrogen) atoms. The van der Waals surface area contributed by atoms with Crippen molar-refractivity contribution in [3.8, 4) is 23.0 Å². The molecule has 174 valence electrons. The van der Waals surface area contributed by atoms with Crippen LogP contribution in [-0.2, 0) is 12.0 Å². The summed E-state index contributed by atoms with van der Waals surface area (Å²) in [6.07, 6.45) is 3.32. The number of rotatable bonds is 3. The number of benzene rings is 2. The summed E-state index contributed by atoms with van der Waals surface area (Å²) in [7, 11) is 0. The Balaban J connectivity index is 1.62. The van der Waals surface area contributed by atoms with E-state index in [-0.39, 0.29) is 5.39 Å². The molecule has 0 bridgehead atoms. The predicted octanol–water partition coefficient (Wildman–Crippen LogP) is 4.02. The Morgan fingerprint density at radius 2 is 1.86 bits per heavy atom. The van der Waals surface area contributed by atoms with E-state index in [0.717, 1.165) is 22.3 Å². The van der Waals surface area contributed by atoms with Gasteiger partial charge in [0.1, 0.15) is 5.52 Å². The smallest absolute Gasteiger partial charge is 0.288 e. The second-order valence-corrected chi connectivity index (χ2v) is 9.35. The van der Waals surface area contributed by atoms with Crippen LogP contribution in [0.15, 0.2) is 75.4 Å². The third-order valence-electron chi connectivity index (χ3n) is 6.64. The van der Waals surface area contributed by atoms with Crippen LogP contribution in [0.2, 0.25) is 0 Å². The molecule has 8 heteroatoms. The summed E-state index contributed by atoms with van der Waals surface area (Å²) in [5.74, 6) is 0. The first-order chi connectivity index (χ1) is 17.4. The molecular weight excluding hydrogens is 452 g/mol. The number of fused-ring (bicyclic) bond motifs is 4. The van der Waals surface area contributed by atoms with Gasteiger partial charge in [0.25, 0.3) is 5.56 Å². The molecule has 0 amide bonds. The van der Waals surface area contributed by atoms with E-state index in [0.29, 0.717) is 34.5 Å². The van der Waals surface area contributed by atoms with Crippen LogP contribution >= 0.6 is 0 Å². The number of aliphatic imine (C=N–C) groups is 1. The zero-order chi connectivity index (χ0) is 25.0. The van der Waals surface area contributed by atoms with Crippen LogP contribution in [0, 0.1) is 11.3 Å². The molecule has 3 aromatic heterocycles. The number of nitrogens with one attached hydrogen (secondary N) is 1. The highest BCUT2D eigenvalue weighted by Gasteiger charge is 2.21. The van der Waals surface area contributed by atoms with Crippen molar-refractivity contribution in [1.29, 1.82) is 5.26 Å². The van der Waals surface area contributed by atoms with Crippen LogP contribution in [0.1, 0.15) is 30.5 Å². The standard InChI is InChI=1S/C28H20N6O2/c1-28(2,15-29)19-5-7-20(8-6-19)34-25-21(26(35)33-27(34)36)14-31-23-10-9-22(32-24(23)25)16-3-4-17-12-30-13-18(17)11-16/h3-11,13-14H,12H2,1-2H3,(H,33,35,36).